The lowest BCUT2D eigenvalue weighted by molar-refractivity contribution is -0.140. The molecule has 0 spiro atoms. The van der Waals surface area contributed by atoms with Gasteiger partial charge in [0, 0.05) is 18.2 Å². The summed E-state index contributed by atoms with van der Waals surface area (Å²) in [5, 5.41) is 13.7. The smallest absolute Gasteiger partial charge is 0.305 e. The van der Waals surface area contributed by atoms with Crippen molar-refractivity contribution in [2.24, 2.45) is 5.92 Å². The molecule has 0 aliphatic rings. The summed E-state index contributed by atoms with van der Waals surface area (Å²) >= 11 is 0. The molecule has 38 heavy (non-hydrogen) atoms. The maximum atomic E-state index is 13.8. The summed E-state index contributed by atoms with van der Waals surface area (Å²) in [5.74, 6) is -13.5. The standard InChI is InChI=1S/C24H25F4N3O7/c1-4-16(31-7-5-6-14(24(31)37)29-22(35)11(2)3)23(36)30-15(9-18(33)34)17(32)10-38-21-19(27)12(25)8-13(26)20(21)28/h5-8,11,15-16H,4,9-10H2,1-3H3,(H,29,35)(H,30,36)(H,33,34)/t15-,16?/m0/s1. The Morgan fingerprint density at radius 3 is 2.18 bits per heavy atom. The van der Waals surface area contributed by atoms with Gasteiger partial charge >= 0.3 is 5.97 Å². The number of rotatable bonds is 12. The maximum Gasteiger partial charge on any atom is 0.305 e. The highest BCUT2D eigenvalue weighted by Crippen LogP contribution is 2.26. The largest absolute Gasteiger partial charge is 0.481 e. The summed E-state index contributed by atoms with van der Waals surface area (Å²) in [6.07, 6.45) is 0.269. The molecule has 1 unspecified atom stereocenters. The Hall–Kier alpha value is -4.23. The number of carbonyl (C=O) groups excluding carboxylic acids is 3. The van der Waals surface area contributed by atoms with E-state index in [1.54, 1.807) is 13.8 Å². The Kier molecular flexibility index (Phi) is 10.1. The van der Waals surface area contributed by atoms with Crippen molar-refractivity contribution >= 4 is 29.3 Å². The highest BCUT2D eigenvalue weighted by Gasteiger charge is 2.30. The van der Waals surface area contributed by atoms with Crippen LogP contribution >= 0.6 is 0 Å². The molecule has 10 nitrogen and oxygen atoms in total. The molecule has 0 aliphatic carbocycles. The molecule has 14 heteroatoms. The number of anilines is 1. The molecular formula is C24H25F4N3O7. The van der Waals surface area contributed by atoms with Crippen LogP contribution in [0.4, 0.5) is 23.2 Å². The van der Waals surface area contributed by atoms with Gasteiger partial charge in [0.1, 0.15) is 24.4 Å². The summed E-state index contributed by atoms with van der Waals surface area (Å²) in [6.45, 7) is 3.49. The zero-order valence-corrected chi connectivity index (χ0v) is 20.5. The fourth-order valence-corrected chi connectivity index (χ4v) is 3.25. The van der Waals surface area contributed by atoms with Crippen molar-refractivity contribution in [3.8, 4) is 5.75 Å². The quantitative estimate of drug-likeness (QED) is 0.276. The zero-order valence-electron chi connectivity index (χ0n) is 20.5. The number of nitrogens with one attached hydrogen (secondary N) is 2. The number of Topliss-reactive ketones (excluding diaryl/α,β-unsaturated/α-hetero) is 1. The number of hydrogen-bond donors (Lipinski definition) is 3. The van der Waals surface area contributed by atoms with Crippen LogP contribution in [0.1, 0.15) is 39.7 Å². The van der Waals surface area contributed by atoms with E-state index in [-0.39, 0.29) is 18.2 Å². The van der Waals surface area contributed by atoms with Crippen molar-refractivity contribution in [3.63, 3.8) is 0 Å². The van der Waals surface area contributed by atoms with Crippen molar-refractivity contribution in [1.82, 2.24) is 9.88 Å². The van der Waals surface area contributed by atoms with Crippen molar-refractivity contribution in [1.29, 1.82) is 0 Å². The number of carboxylic acid groups (broad SMARTS) is 1. The van der Waals surface area contributed by atoms with Crippen molar-refractivity contribution in [2.45, 2.75) is 45.7 Å². The number of hydrogen-bond acceptors (Lipinski definition) is 6. The molecule has 0 bridgehead atoms. The number of pyridine rings is 1. The molecule has 3 N–H and O–H groups in total. The minimum atomic E-state index is -1.91. The van der Waals surface area contributed by atoms with E-state index >= 15 is 0 Å². The molecule has 2 atom stereocenters. The molecule has 1 aromatic heterocycles. The van der Waals surface area contributed by atoms with Gasteiger partial charge in [0.15, 0.2) is 23.2 Å². The zero-order chi connectivity index (χ0) is 28.7. The monoisotopic (exact) mass is 543 g/mol. The Morgan fingerprint density at radius 1 is 1.05 bits per heavy atom. The molecule has 1 aromatic carbocycles. The lowest BCUT2D eigenvalue weighted by Crippen LogP contribution is -2.48. The van der Waals surface area contributed by atoms with Crippen LogP contribution in [0.15, 0.2) is 29.2 Å². The molecule has 0 saturated carbocycles. The number of benzene rings is 1. The number of ether oxygens (including phenoxy) is 1. The van der Waals surface area contributed by atoms with Gasteiger partial charge in [-0.05, 0) is 18.6 Å². The van der Waals surface area contributed by atoms with Gasteiger partial charge in [0.05, 0.1) is 6.42 Å². The molecule has 0 fully saturated rings. The molecule has 1 heterocycles. The van der Waals surface area contributed by atoms with Gasteiger partial charge in [-0.3, -0.25) is 24.0 Å². The van der Waals surface area contributed by atoms with Crippen LogP contribution in [0.3, 0.4) is 0 Å². The highest BCUT2D eigenvalue weighted by molar-refractivity contribution is 5.94. The highest BCUT2D eigenvalue weighted by atomic mass is 19.2. The van der Waals surface area contributed by atoms with Crippen molar-refractivity contribution in [3.05, 3.63) is 58.0 Å². The van der Waals surface area contributed by atoms with Crippen LogP contribution in [0, 0.1) is 29.2 Å². The first-order valence-corrected chi connectivity index (χ1v) is 11.3. The van der Waals surface area contributed by atoms with Gasteiger partial charge < -0.3 is 25.0 Å². The summed E-state index contributed by atoms with van der Waals surface area (Å²) in [4.78, 5) is 61.7. The minimum Gasteiger partial charge on any atom is -0.481 e. The van der Waals surface area contributed by atoms with Crippen LogP contribution in [-0.4, -0.2) is 45.9 Å². The van der Waals surface area contributed by atoms with E-state index in [2.05, 4.69) is 15.4 Å². The van der Waals surface area contributed by atoms with E-state index in [1.807, 2.05) is 0 Å². The molecule has 2 amide bonds. The van der Waals surface area contributed by atoms with E-state index in [0.717, 1.165) is 4.57 Å². The summed E-state index contributed by atoms with van der Waals surface area (Å²) in [7, 11) is 0. The molecule has 0 radical (unpaired) electrons. The number of nitrogens with zero attached hydrogens (tertiary/aromatic N) is 1. The molecular weight excluding hydrogens is 518 g/mol. The molecule has 0 aliphatic heterocycles. The van der Waals surface area contributed by atoms with Crippen LogP contribution in [0.2, 0.25) is 0 Å². The lowest BCUT2D eigenvalue weighted by Gasteiger charge is -2.22. The van der Waals surface area contributed by atoms with Crippen LogP contribution < -0.4 is 20.9 Å². The first-order chi connectivity index (χ1) is 17.8. The fourth-order valence-electron chi connectivity index (χ4n) is 3.25. The Labute approximate surface area is 213 Å². The van der Waals surface area contributed by atoms with Gasteiger partial charge in [0.2, 0.25) is 23.4 Å². The van der Waals surface area contributed by atoms with E-state index < -0.39 is 89.2 Å². The predicted molar refractivity (Wildman–Crippen MR) is 124 cm³/mol. The van der Waals surface area contributed by atoms with Crippen molar-refractivity contribution < 1.29 is 46.6 Å². The third-order valence-electron chi connectivity index (χ3n) is 5.30. The van der Waals surface area contributed by atoms with Crippen LogP contribution in [-0.2, 0) is 19.2 Å². The van der Waals surface area contributed by atoms with Gasteiger partial charge in [-0.25, -0.2) is 8.78 Å². The van der Waals surface area contributed by atoms with Gasteiger partial charge in [-0.1, -0.05) is 20.8 Å². The average Bonchev–Trinajstić information content (AvgIpc) is 2.84. The third kappa shape index (κ3) is 7.17. The number of carboxylic acids is 1. The third-order valence-corrected chi connectivity index (χ3v) is 5.30. The molecule has 2 rings (SSSR count). The van der Waals surface area contributed by atoms with E-state index in [9.17, 15) is 41.5 Å². The average molecular weight is 543 g/mol. The first kappa shape index (κ1) is 30.0. The van der Waals surface area contributed by atoms with Crippen LogP contribution in [0.5, 0.6) is 5.75 Å². The summed E-state index contributed by atoms with van der Waals surface area (Å²) in [5.41, 5.74) is -0.859. The number of carbonyl (C=O) groups is 4. The second-order valence-electron chi connectivity index (χ2n) is 8.41. The minimum absolute atomic E-state index is 0.00318. The molecule has 2 aromatic rings. The normalized spacial score (nSPS) is 12.5. The second-order valence-corrected chi connectivity index (χ2v) is 8.41. The number of aliphatic carboxylic acids is 1. The maximum absolute atomic E-state index is 13.8. The number of aromatic nitrogens is 1. The van der Waals surface area contributed by atoms with E-state index in [4.69, 9.17) is 5.11 Å². The molecule has 206 valence electrons. The predicted octanol–water partition coefficient (Wildman–Crippen LogP) is 2.56. The van der Waals surface area contributed by atoms with Gasteiger partial charge in [-0.15, -0.1) is 0 Å². The summed E-state index contributed by atoms with van der Waals surface area (Å²) < 4.78 is 59.9. The first-order valence-electron chi connectivity index (χ1n) is 11.3. The van der Waals surface area contributed by atoms with E-state index in [0.29, 0.717) is 0 Å². The van der Waals surface area contributed by atoms with Gasteiger partial charge in [0.25, 0.3) is 5.56 Å². The van der Waals surface area contributed by atoms with Crippen LogP contribution in [0.25, 0.3) is 0 Å². The van der Waals surface area contributed by atoms with Crippen molar-refractivity contribution in [2.75, 3.05) is 11.9 Å². The SMILES string of the molecule is CCC(C(=O)N[C@@H](CC(=O)O)C(=O)COc1c(F)c(F)cc(F)c1F)n1cccc(NC(=O)C(C)C)c1=O. The Balaban J connectivity index is 2.26. The molecule has 0 saturated heterocycles. The number of amides is 2. The number of halogens is 4. The van der Waals surface area contributed by atoms with Gasteiger partial charge in [-0.2, -0.15) is 8.78 Å². The fraction of sp³-hybridized carbons (Fsp3) is 0.375. The lowest BCUT2D eigenvalue weighted by atomic mass is 10.1. The summed E-state index contributed by atoms with van der Waals surface area (Å²) in [6, 6.07) is -0.398. The Bertz CT molecular complexity index is 1270. The second kappa shape index (κ2) is 12.8. The van der Waals surface area contributed by atoms with E-state index in [1.165, 1.54) is 25.3 Å². The number of ketones is 1. The Morgan fingerprint density at radius 2 is 1.66 bits per heavy atom. The topological polar surface area (TPSA) is 144 Å².